The van der Waals surface area contributed by atoms with E-state index in [4.69, 9.17) is 14.2 Å². The molecule has 0 bridgehead atoms. The second-order valence-corrected chi connectivity index (χ2v) is 9.98. The molecule has 0 fully saturated rings. The number of hydrogen-bond donors (Lipinski definition) is 1. The second kappa shape index (κ2) is 13.1. The first kappa shape index (κ1) is 29.1. The van der Waals surface area contributed by atoms with Crippen LogP contribution in [0.2, 0.25) is 0 Å². The van der Waals surface area contributed by atoms with E-state index >= 15 is 0 Å². The number of aryl methyl sites for hydroxylation is 1. The first-order valence-electron chi connectivity index (χ1n) is 13.7. The number of nitrogens with one attached hydrogen (secondary N) is 1. The predicted octanol–water partition coefficient (Wildman–Crippen LogP) is 5.17. The molecular weight excluding hydrogens is 546 g/mol. The van der Waals surface area contributed by atoms with Gasteiger partial charge in [0.25, 0.3) is 5.91 Å². The van der Waals surface area contributed by atoms with Crippen LogP contribution in [0.3, 0.4) is 0 Å². The Morgan fingerprint density at radius 3 is 2.28 bits per heavy atom. The van der Waals surface area contributed by atoms with Crippen molar-refractivity contribution >= 4 is 28.5 Å². The van der Waals surface area contributed by atoms with Crippen LogP contribution in [0.1, 0.15) is 22.7 Å². The second-order valence-electron chi connectivity index (χ2n) is 9.98. The minimum absolute atomic E-state index is 0.119. The molecule has 0 saturated carbocycles. The number of aromatic nitrogens is 3. The standard InChI is InChI=1S/C33H33N5O5/c1-22-9-11-23(12-10-22)20-37(31(39)21-38-28-8-6-5-7-27(28)35-36-38)32(24-13-18-29(42-3)30(19-24)43-4)33(40)34-25-14-16-26(41-2)17-15-25/h5-19,32H,20-21H2,1-4H3,(H,34,40). The molecule has 1 heterocycles. The Morgan fingerprint density at radius 2 is 1.58 bits per heavy atom. The van der Waals surface area contributed by atoms with Gasteiger partial charge >= 0.3 is 0 Å². The third kappa shape index (κ3) is 6.59. The van der Waals surface area contributed by atoms with Gasteiger partial charge in [0, 0.05) is 12.2 Å². The number of benzene rings is 4. The predicted molar refractivity (Wildman–Crippen MR) is 163 cm³/mol. The summed E-state index contributed by atoms with van der Waals surface area (Å²) in [5, 5.41) is 11.4. The number of fused-ring (bicyclic) bond motifs is 1. The van der Waals surface area contributed by atoms with Crippen molar-refractivity contribution in [3.63, 3.8) is 0 Å². The van der Waals surface area contributed by atoms with Gasteiger partial charge in [0.1, 0.15) is 23.9 Å². The highest BCUT2D eigenvalue weighted by atomic mass is 16.5. The summed E-state index contributed by atoms with van der Waals surface area (Å²) < 4.78 is 17.8. The van der Waals surface area contributed by atoms with Crippen LogP contribution in [0.15, 0.2) is 91.0 Å². The number of carbonyl (C=O) groups is 2. The van der Waals surface area contributed by atoms with Crippen LogP contribution in [0.4, 0.5) is 5.69 Å². The summed E-state index contributed by atoms with van der Waals surface area (Å²) in [7, 11) is 4.65. The van der Waals surface area contributed by atoms with Crippen LogP contribution in [-0.4, -0.2) is 53.0 Å². The van der Waals surface area contributed by atoms with E-state index in [0.29, 0.717) is 34.0 Å². The molecule has 10 heteroatoms. The SMILES string of the molecule is COc1ccc(NC(=O)C(c2ccc(OC)c(OC)c2)N(Cc2ccc(C)cc2)C(=O)Cn2nnc3ccccc32)cc1. The van der Waals surface area contributed by atoms with E-state index in [0.717, 1.165) is 16.6 Å². The molecule has 0 spiro atoms. The minimum atomic E-state index is -1.04. The summed E-state index contributed by atoms with van der Waals surface area (Å²) in [5.74, 6) is 0.881. The molecular formula is C33H33N5O5. The highest BCUT2D eigenvalue weighted by Crippen LogP contribution is 2.34. The quantitative estimate of drug-likeness (QED) is 0.230. The van der Waals surface area contributed by atoms with Gasteiger partial charge < -0.3 is 24.4 Å². The zero-order valence-electron chi connectivity index (χ0n) is 24.5. The molecule has 0 saturated heterocycles. The van der Waals surface area contributed by atoms with E-state index in [2.05, 4.69) is 15.6 Å². The van der Waals surface area contributed by atoms with Crippen molar-refractivity contribution in [2.75, 3.05) is 26.6 Å². The Balaban J connectivity index is 1.58. The van der Waals surface area contributed by atoms with Gasteiger partial charge in [0.05, 0.1) is 26.8 Å². The highest BCUT2D eigenvalue weighted by molar-refractivity contribution is 5.98. The molecule has 1 atom stereocenters. The van der Waals surface area contributed by atoms with Gasteiger partial charge in [-0.25, -0.2) is 4.68 Å². The summed E-state index contributed by atoms with van der Waals surface area (Å²) >= 11 is 0. The van der Waals surface area contributed by atoms with E-state index in [1.54, 1.807) is 66.3 Å². The molecule has 5 rings (SSSR count). The van der Waals surface area contributed by atoms with E-state index in [1.807, 2.05) is 55.5 Å². The lowest BCUT2D eigenvalue weighted by molar-refractivity contribution is -0.140. The average Bonchev–Trinajstić information content (AvgIpc) is 3.44. The number of nitrogens with zero attached hydrogens (tertiary/aromatic N) is 4. The molecule has 0 aliphatic carbocycles. The summed E-state index contributed by atoms with van der Waals surface area (Å²) in [4.78, 5) is 30.0. The van der Waals surface area contributed by atoms with Gasteiger partial charge in [-0.05, 0) is 66.6 Å². The maximum atomic E-state index is 14.2. The molecule has 220 valence electrons. The Morgan fingerprint density at radius 1 is 0.860 bits per heavy atom. The third-order valence-electron chi connectivity index (χ3n) is 7.14. The van der Waals surface area contributed by atoms with Gasteiger partial charge in [0.15, 0.2) is 11.5 Å². The molecule has 1 aromatic heterocycles. The van der Waals surface area contributed by atoms with Crippen molar-refractivity contribution in [2.45, 2.75) is 26.1 Å². The van der Waals surface area contributed by atoms with Crippen molar-refractivity contribution in [2.24, 2.45) is 0 Å². The zero-order chi connectivity index (χ0) is 30.3. The normalized spacial score (nSPS) is 11.5. The van der Waals surface area contributed by atoms with E-state index in [9.17, 15) is 9.59 Å². The van der Waals surface area contributed by atoms with Crippen LogP contribution in [0.5, 0.6) is 17.2 Å². The largest absolute Gasteiger partial charge is 0.497 e. The van der Waals surface area contributed by atoms with Gasteiger partial charge in [-0.15, -0.1) is 5.10 Å². The monoisotopic (exact) mass is 579 g/mol. The summed E-state index contributed by atoms with van der Waals surface area (Å²) in [6, 6.07) is 26.5. The van der Waals surface area contributed by atoms with Crippen LogP contribution in [0, 0.1) is 6.92 Å². The van der Waals surface area contributed by atoms with Gasteiger partial charge in [0.2, 0.25) is 5.91 Å². The molecule has 10 nitrogen and oxygen atoms in total. The van der Waals surface area contributed by atoms with Crippen molar-refractivity contribution in [3.05, 3.63) is 108 Å². The maximum Gasteiger partial charge on any atom is 0.251 e. The highest BCUT2D eigenvalue weighted by Gasteiger charge is 2.33. The summed E-state index contributed by atoms with van der Waals surface area (Å²) in [5.41, 5.74) is 4.45. The third-order valence-corrected chi connectivity index (χ3v) is 7.14. The number of amides is 2. The smallest absolute Gasteiger partial charge is 0.251 e. The number of ether oxygens (including phenoxy) is 3. The first-order valence-corrected chi connectivity index (χ1v) is 13.7. The molecule has 2 amide bonds. The van der Waals surface area contributed by atoms with Gasteiger partial charge in [-0.1, -0.05) is 53.2 Å². The minimum Gasteiger partial charge on any atom is -0.497 e. The number of rotatable bonds is 11. The van der Waals surface area contributed by atoms with Crippen molar-refractivity contribution in [3.8, 4) is 17.2 Å². The number of methoxy groups -OCH3 is 3. The number of carbonyl (C=O) groups excluding carboxylic acids is 2. The lowest BCUT2D eigenvalue weighted by atomic mass is 10.0. The summed E-state index contributed by atoms with van der Waals surface area (Å²) in [6.45, 7) is 2.05. The van der Waals surface area contributed by atoms with Crippen molar-refractivity contribution in [1.82, 2.24) is 19.9 Å². The molecule has 0 aliphatic heterocycles. The maximum absolute atomic E-state index is 14.2. The van der Waals surface area contributed by atoms with Crippen LogP contribution >= 0.6 is 0 Å². The number of anilines is 1. The van der Waals surface area contributed by atoms with Crippen molar-refractivity contribution in [1.29, 1.82) is 0 Å². The lowest BCUT2D eigenvalue weighted by Gasteiger charge is -2.32. The molecule has 0 aliphatic rings. The Labute approximate surface area is 249 Å². The Bertz CT molecular complexity index is 1720. The van der Waals surface area contributed by atoms with E-state index in [-0.39, 0.29) is 19.0 Å². The summed E-state index contributed by atoms with van der Waals surface area (Å²) in [6.07, 6.45) is 0. The van der Waals surface area contributed by atoms with E-state index < -0.39 is 11.9 Å². The van der Waals surface area contributed by atoms with Crippen LogP contribution in [0.25, 0.3) is 11.0 Å². The fourth-order valence-corrected chi connectivity index (χ4v) is 4.85. The van der Waals surface area contributed by atoms with Gasteiger partial charge in [-0.2, -0.15) is 0 Å². The van der Waals surface area contributed by atoms with Gasteiger partial charge in [-0.3, -0.25) is 9.59 Å². The van der Waals surface area contributed by atoms with E-state index in [1.165, 1.54) is 7.11 Å². The Hall–Kier alpha value is -5.38. The molecule has 5 aromatic rings. The van der Waals surface area contributed by atoms with Crippen LogP contribution in [-0.2, 0) is 22.7 Å². The van der Waals surface area contributed by atoms with Crippen molar-refractivity contribution < 1.29 is 23.8 Å². The first-order chi connectivity index (χ1) is 20.9. The molecule has 1 N–H and O–H groups in total. The topological polar surface area (TPSA) is 108 Å². The molecule has 43 heavy (non-hydrogen) atoms. The van der Waals surface area contributed by atoms with Crippen LogP contribution < -0.4 is 19.5 Å². The lowest BCUT2D eigenvalue weighted by Crippen LogP contribution is -2.42. The molecule has 0 radical (unpaired) electrons. The zero-order valence-corrected chi connectivity index (χ0v) is 24.5. The Kier molecular flexibility index (Phi) is 8.85. The number of para-hydroxylation sites is 1. The molecule has 4 aromatic carbocycles. The fraction of sp³-hybridized carbons (Fsp3) is 0.212. The average molecular weight is 580 g/mol. The molecule has 1 unspecified atom stereocenters. The fourth-order valence-electron chi connectivity index (χ4n) is 4.85. The number of hydrogen-bond acceptors (Lipinski definition) is 7.